The molecule has 3 N–H and O–H groups in total. The second-order valence-corrected chi connectivity index (χ2v) is 4.59. The van der Waals surface area contributed by atoms with Gasteiger partial charge < -0.3 is 15.7 Å². The van der Waals surface area contributed by atoms with Crippen LogP contribution < -0.4 is 10.6 Å². The first-order valence-electron chi connectivity index (χ1n) is 6.33. The second-order valence-electron chi connectivity index (χ2n) is 4.59. The van der Waals surface area contributed by atoms with Crippen molar-refractivity contribution in [3.8, 4) is 0 Å². The first-order chi connectivity index (χ1) is 8.58. The zero-order valence-corrected chi connectivity index (χ0v) is 10.4. The lowest BCUT2D eigenvalue weighted by atomic mass is 10.2. The van der Waals surface area contributed by atoms with Gasteiger partial charge in [-0.1, -0.05) is 0 Å². The maximum atomic E-state index is 11.3. The zero-order chi connectivity index (χ0) is 13.4. The van der Waals surface area contributed by atoms with Crippen molar-refractivity contribution in [1.82, 2.24) is 10.6 Å². The summed E-state index contributed by atoms with van der Waals surface area (Å²) in [5, 5.41) is 13.7. The fraction of sp³-hybridized carbons (Fsp3) is 0.750. The highest BCUT2D eigenvalue weighted by Gasteiger charge is 2.23. The molecule has 0 spiro atoms. The number of amides is 2. The molecule has 2 amide bonds. The van der Waals surface area contributed by atoms with Crippen molar-refractivity contribution in [1.29, 1.82) is 0 Å². The largest absolute Gasteiger partial charge is 0.481 e. The molecule has 1 saturated carbocycles. The van der Waals surface area contributed by atoms with Gasteiger partial charge in [0, 0.05) is 25.9 Å². The number of hydrogen-bond donors (Lipinski definition) is 3. The van der Waals surface area contributed by atoms with Crippen molar-refractivity contribution in [3.05, 3.63) is 0 Å². The van der Waals surface area contributed by atoms with Crippen LogP contribution in [0.15, 0.2) is 0 Å². The maximum absolute atomic E-state index is 11.3. The molecule has 6 heteroatoms. The van der Waals surface area contributed by atoms with Crippen LogP contribution in [-0.2, 0) is 14.4 Å². The van der Waals surface area contributed by atoms with Gasteiger partial charge in [0.05, 0.1) is 6.42 Å². The average molecular weight is 256 g/mol. The van der Waals surface area contributed by atoms with E-state index >= 15 is 0 Å². The molecule has 0 saturated heterocycles. The van der Waals surface area contributed by atoms with Gasteiger partial charge in [-0.25, -0.2) is 0 Å². The van der Waals surface area contributed by atoms with E-state index in [9.17, 15) is 14.4 Å². The Hall–Kier alpha value is -1.59. The van der Waals surface area contributed by atoms with E-state index in [0.717, 1.165) is 12.8 Å². The highest BCUT2D eigenvalue weighted by Crippen LogP contribution is 2.31. The number of nitrogens with one attached hydrogen (secondary N) is 2. The fourth-order valence-corrected chi connectivity index (χ4v) is 1.53. The van der Waals surface area contributed by atoms with Crippen LogP contribution in [0.2, 0.25) is 0 Å². The maximum Gasteiger partial charge on any atom is 0.305 e. The topological polar surface area (TPSA) is 95.5 Å². The van der Waals surface area contributed by atoms with Crippen LogP contribution in [0.1, 0.15) is 38.5 Å². The van der Waals surface area contributed by atoms with Crippen LogP contribution in [0.5, 0.6) is 0 Å². The van der Waals surface area contributed by atoms with E-state index in [0.29, 0.717) is 31.7 Å². The second kappa shape index (κ2) is 7.68. The van der Waals surface area contributed by atoms with Gasteiger partial charge in [-0.3, -0.25) is 14.4 Å². The Morgan fingerprint density at radius 2 is 1.67 bits per heavy atom. The number of carbonyl (C=O) groups is 3. The lowest BCUT2D eigenvalue weighted by molar-refractivity contribution is -0.137. The van der Waals surface area contributed by atoms with E-state index in [1.54, 1.807) is 0 Å². The first kappa shape index (κ1) is 14.5. The molecule has 18 heavy (non-hydrogen) atoms. The number of hydrogen-bond acceptors (Lipinski definition) is 3. The van der Waals surface area contributed by atoms with Crippen molar-refractivity contribution < 1.29 is 19.5 Å². The van der Waals surface area contributed by atoms with Gasteiger partial charge in [0.2, 0.25) is 11.8 Å². The van der Waals surface area contributed by atoms with E-state index in [-0.39, 0.29) is 24.8 Å². The van der Waals surface area contributed by atoms with E-state index in [2.05, 4.69) is 10.6 Å². The molecule has 1 aliphatic carbocycles. The Morgan fingerprint density at radius 1 is 1.00 bits per heavy atom. The van der Waals surface area contributed by atoms with Gasteiger partial charge in [-0.15, -0.1) is 0 Å². The van der Waals surface area contributed by atoms with Crippen molar-refractivity contribution in [3.63, 3.8) is 0 Å². The van der Waals surface area contributed by atoms with E-state index in [4.69, 9.17) is 5.11 Å². The van der Waals surface area contributed by atoms with Crippen LogP contribution in [-0.4, -0.2) is 36.0 Å². The molecule has 0 aromatic carbocycles. The SMILES string of the molecule is O=C(O)CCNC(=O)CCCNC(=O)CC1CC1. The molecular formula is C12H20N2O4. The normalized spacial score (nSPS) is 14.0. The van der Waals surface area contributed by atoms with E-state index < -0.39 is 5.97 Å². The quantitative estimate of drug-likeness (QED) is 0.516. The lowest BCUT2D eigenvalue weighted by Gasteiger charge is -2.05. The molecule has 0 aromatic rings. The summed E-state index contributed by atoms with van der Waals surface area (Å²) >= 11 is 0. The predicted molar refractivity (Wildman–Crippen MR) is 64.8 cm³/mol. The van der Waals surface area contributed by atoms with Crippen LogP contribution in [0.4, 0.5) is 0 Å². The molecule has 1 rings (SSSR count). The Kier molecular flexibility index (Phi) is 6.18. The number of carboxylic acid groups (broad SMARTS) is 1. The van der Waals surface area contributed by atoms with Gasteiger partial charge in [0.25, 0.3) is 0 Å². The minimum absolute atomic E-state index is 0.0591. The zero-order valence-electron chi connectivity index (χ0n) is 10.4. The smallest absolute Gasteiger partial charge is 0.305 e. The third-order valence-electron chi connectivity index (χ3n) is 2.73. The first-order valence-corrected chi connectivity index (χ1v) is 6.33. The monoisotopic (exact) mass is 256 g/mol. The number of rotatable bonds is 9. The van der Waals surface area contributed by atoms with Crippen molar-refractivity contribution in [2.45, 2.75) is 38.5 Å². The highest BCUT2D eigenvalue weighted by molar-refractivity contribution is 5.77. The Bertz CT molecular complexity index is 313. The van der Waals surface area contributed by atoms with E-state index in [1.807, 2.05) is 0 Å². The van der Waals surface area contributed by atoms with Crippen LogP contribution in [0, 0.1) is 5.92 Å². The minimum atomic E-state index is -0.928. The van der Waals surface area contributed by atoms with Crippen LogP contribution in [0.25, 0.3) is 0 Å². The average Bonchev–Trinajstić information content (AvgIpc) is 3.08. The molecular weight excluding hydrogens is 236 g/mol. The third-order valence-corrected chi connectivity index (χ3v) is 2.73. The molecule has 0 heterocycles. The summed E-state index contributed by atoms with van der Waals surface area (Å²) in [7, 11) is 0. The molecule has 102 valence electrons. The lowest BCUT2D eigenvalue weighted by Crippen LogP contribution is -2.28. The summed E-state index contributed by atoms with van der Waals surface area (Å²) in [5.41, 5.74) is 0. The summed E-state index contributed by atoms with van der Waals surface area (Å²) in [5.74, 6) is -0.469. The van der Waals surface area contributed by atoms with Crippen LogP contribution in [0.3, 0.4) is 0 Å². The summed E-state index contributed by atoms with van der Waals surface area (Å²) in [4.78, 5) is 32.8. The molecule has 1 fully saturated rings. The molecule has 0 unspecified atom stereocenters. The summed E-state index contributed by atoms with van der Waals surface area (Å²) in [6, 6.07) is 0. The Balaban J connectivity index is 1.91. The summed E-state index contributed by atoms with van der Waals surface area (Å²) < 4.78 is 0. The molecule has 0 bridgehead atoms. The molecule has 0 aromatic heterocycles. The summed E-state index contributed by atoms with van der Waals surface area (Å²) in [6.45, 7) is 0.653. The van der Waals surface area contributed by atoms with Gasteiger partial charge in [-0.05, 0) is 25.2 Å². The van der Waals surface area contributed by atoms with Crippen molar-refractivity contribution >= 4 is 17.8 Å². The molecule has 0 radical (unpaired) electrons. The molecule has 0 atom stereocenters. The van der Waals surface area contributed by atoms with Crippen molar-refractivity contribution in [2.75, 3.05) is 13.1 Å². The highest BCUT2D eigenvalue weighted by atomic mass is 16.4. The number of aliphatic carboxylic acids is 1. The molecule has 0 aliphatic heterocycles. The number of carboxylic acids is 1. The third kappa shape index (κ3) is 7.65. The van der Waals surface area contributed by atoms with Crippen molar-refractivity contribution in [2.24, 2.45) is 5.92 Å². The fourth-order valence-electron chi connectivity index (χ4n) is 1.53. The number of carbonyl (C=O) groups excluding carboxylic acids is 2. The predicted octanol–water partition coefficient (Wildman–Crippen LogP) is 0.274. The standard InChI is InChI=1S/C12H20N2O4/c15-10(14-7-5-12(17)18)2-1-6-13-11(16)8-9-3-4-9/h9H,1-8H2,(H,13,16)(H,14,15)(H,17,18). The van der Waals surface area contributed by atoms with E-state index in [1.165, 1.54) is 0 Å². The van der Waals surface area contributed by atoms with Gasteiger partial charge >= 0.3 is 5.97 Å². The Labute approximate surface area is 106 Å². The van der Waals surface area contributed by atoms with Gasteiger partial charge in [-0.2, -0.15) is 0 Å². The molecule has 6 nitrogen and oxygen atoms in total. The molecule has 1 aliphatic rings. The Morgan fingerprint density at radius 3 is 2.28 bits per heavy atom. The minimum Gasteiger partial charge on any atom is -0.481 e. The summed E-state index contributed by atoms with van der Waals surface area (Å²) in [6.07, 6.45) is 3.73. The van der Waals surface area contributed by atoms with Gasteiger partial charge in [0.15, 0.2) is 0 Å². The van der Waals surface area contributed by atoms with Crippen LogP contribution >= 0.6 is 0 Å². The van der Waals surface area contributed by atoms with Gasteiger partial charge in [0.1, 0.15) is 0 Å².